The highest BCUT2D eigenvalue weighted by Crippen LogP contribution is 2.37. The second kappa shape index (κ2) is 10.9. The van der Waals surface area contributed by atoms with E-state index in [9.17, 15) is 4.79 Å². The largest absolute Gasteiger partial charge is 0.377 e. The summed E-state index contributed by atoms with van der Waals surface area (Å²) in [6.45, 7) is 9.24. The summed E-state index contributed by atoms with van der Waals surface area (Å²) in [5.41, 5.74) is 6.41. The van der Waals surface area contributed by atoms with Crippen molar-refractivity contribution in [2.45, 2.75) is 70.8 Å². The van der Waals surface area contributed by atoms with Gasteiger partial charge in [0.05, 0.1) is 5.54 Å². The zero-order valence-corrected chi connectivity index (χ0v) is 21.4. The zero-order valence-electron chi connectivity index (χ0n) is 21.4. The fourth-order valence-corrected chi connectivity index (χ4v) is 5.15. The fourth-order valence-electron chi connectivity index (χ4n) is 5.15. The molecule has 5 nitrogen and oxygen atoms in total. The number of aromatic nitrogens is 1. The monoisotopic (exact) mass is 470 g/mol. The quantitative estimate of drug-likeness (QED) is 0.318. The average molecular weight is 471 g/mol. The van der Waals surface area contributed by atoms with E-state index in [0.717, 1.165) is 48.2 Å². The van der Waals surface area contributed by atoms with Gasteiger partial charge in [-0.05, 0) is 47.9 Å². The second-order valence-electron chi connectivity index (χ2n) is 10.3. The van der Waals surface area contributed by atoms with Gasteiger partial charge in [-0.3, -0.25) is 4.98 Å². The third-order valence-electron chi connectivity index (χ3n) is 7.06. The molecular weight excluding hydrogens is 432 g/mol. The van der Waals surface area contributed by atoms with Crippen molar-refractivity contribution >= 4 is 17.4 Å². The molecule has 0 unspecified atom stereocenters. The van der Waals surface area contributed by atoms with Gasteiger partial charge in [0.1, 0.15) is 0 Å². The molecular formula is C30H38N4O. The molecule has 184 valence electrons. The van der Waals surface area contributed by atoms with E-state index in [1.807, 2.05) is 12.3 Å². The Hall–Kier alpha value is -3.34. The molecule has 35 heavy (non-hydrogen) atoms. The van der Waals surface area contributed by atoms with Crippen molar-refractivity contribution in [3.05, 3.63) is 78.1 Å². The molecule has 1 heterocycles. The number of hydrogen-bond donors (Lipinski definition) is 3. The summed E-state index contributed by atoms with van der Waals surface area (Å²) in [6.07, 6.45) is 8.04. The van der Waals surface area contributed by atoms with Gasteiger partial charge in [-0.15, -0.1) is 0 Å². The minimum atomic E-state index is -0.173. The average Bonchev–Trinajstić information content (AvgIpc) is 3.32. The molecule has 1 aliphatic rings. The number of nitrogens with zero attached hydrogens (tertiary/aromatic N) is 1. The Balaban J connectivity index is 1.51. The molecule has 4 rings (SSSR count). The van der Waals surface area contributed by atoms with Crippen LogP contribution in [0, 0.1) is 0 Å². The first-order valence-corrected chi connectivity index (χ1v) is 12.8. The third-order valence-corrected chi connectivity index (χ3v) is 7.06. The molecule has 1 saturated carbocycles. The maximum absolute atomic E-state index is 13.1. The molecule has 2 amide bonds. The van der Waals surface area contributed by atoms with Crippen molar-refractivity contribution in [1.82, 2.24) is 10.3 Å². The first kappa shape index (κ1) is 24.8. The smallest absolute Gasteiger partial charge is 0.319 e. The summed E-state index contributed by atoms with van der Waals surface area (Å²) in [4.78, 5) is 17.4. The fraction of sp³-hybridized carbons (Fsp3) is 0.400. The summed E-state index contributed by atoms with van der Waals surface area (Å²) in [6, 6.07) is 18.6. The molecule has 2 aromatic carbocycles. The summed E-state index contributed by atoms with van der Waals surface area (Å²) in [5.74, 6) is 0.659. The lowest BCUT2D eigenvalue weighted by Gasteiger charge is -2.33. The highest BCUT2D eigenvalue weighted by Gasteiger charge is 2.34. The van der Waals surface area contributed by atoms with Crippen molar-refractivity contribution in [2.24, 2.45) is 0 Å². The van der Waals surface area contributed by atoms with Gasteiger partial charge in [0.15, 0.2) is 0 Å². The number of amides is 2. The van der Waals surface area contributed by atoms with Crippen molar-refractivity contribution in [1.29, 1.82) is 0 Å². The summed E-state index contributed by atoms with van der Waals surface area (Å²) in [7, 11) is 0. The van der Waals surface area contributed by atoms with Crippen LogP contribution in [0.2, 0.25) is 0 Å². The SMILES string of the molecule is CC(C)c1cccc(C(C)C)c1NC(=O)NCC1(Nc2ccccc2-c2cccnc2)CCCC1. The molecule has 3 N–H and O–H groups in total. The Labute approximate surface area is 209 Å². The number of urea groups is 1. The second-order valence-corrected chi connectivity index (χ2v) is 10.3. The van der Waals surface area contributed by atoms with E-state index in [1.165, 1.54) is 11.1 Å². The van der Waals surface area contributed by atoms with Crippen LogP contribution in [0.25, 0.3) is 11.1 Å². The van der Waals surface area contributed by atoms with Crippen LogP contribution in [-0.4, -0.2) is 23.1 Å². The Morgan fingerprint density at radius 2 is 1.60 bits per heavy atom. The molecule has 0 aliphatic heterocycles. The van der Waals surface area contributed by atoms with Gasteiger partial charge in [-0.1, -0.05) is 83.0 Å². The number of benzene rings is 2. The highest BCUT2D eigenvalue weighted by molar-refractivity contribution is 5.91. The van der Waals surface area contributed by atoms with E-state index < -0.39 is 0 Å². The lowest BCUT2D eigenvalue weighted by Crippen LogP contribution is -2.48. The molecule has 0 spiro atoms. The van der Waals surface area contributed by atoms with Gasteiger partial charge in [0.2, 0.25) is 0 Å². The minimum absolute atomic E-state index is 0.145. The predicted molar refractivity (Wildman–Crippen MR) is 146 cm³/mol. The van der Waals surface area contributed by atoms with Crippen LogP contribution < -0.4 is 16.0 Å². The van der Waals surface area contributed by atoms with Crippen molar-refractivity contribution in [3.63, 3.8) is 0 Å². The lowest BCUT2D eigenvalue weighted by molar-refractivity contribution is 0.249. The lowest BCUT2D eigenvalue weighted by atomic mass is 9.92. The van der Waals surface area contributed by atoms with E-state index in [4.69, 9.17) is 0 Å². The normalized spacial score (nSPS) is 14.8. The van der Waals surface area contributed by atoms with E-state index in [1.54, 1.807) is 6.20 Å². The molecule has 5 heteroatoms. The molecule has 0 radical (unpaired) electrons. The Morgan fingerprint density at radius 1 is 0.914 bits per heavy atom. The van der Waals surface area contributed by atoms with Crippen LogP contribution in [0.15, 0.2) is 67.0 Å². The van der Waals surface area contributed by atoms with Crippen molar-refractivity contribution < 1.29 is 4.79 Å². The number of pyridine rings is 1. The highest BCUT2D eigenvalue weighted by atomic mass is 16.2. The zero-order chi connectivity index (χ0) is 24.8. The van der Waals surface area contributed by atoms with Gasteiger partial charge in [0, 0.05) is 41.4 Å². The van der Waals surface area contributed by atoms with Crippen molar-refractivity contribution in [3.8, 4) is 11.1 Å². The molecule has 1 aliphatic carbocycles. The minimum Gasteiger partial charge on any atom is -0.377 e. The third kappa shape index (κ3) is 5.84. The molecule has 0 atom stereocenters. The summed E-state index contributed by atoms with van der Waals surface area (Å²) >= 11 is 0. The molecule has 0 bridgehead atoms. The van der Waals surface area contributed by atoms with E-state index >= 15 is 0 Å². The standard InChI is InChI=1S/C30H38N4O/c1-21(2)24-13-9-14-25(22(3)4)28(24)33-29(35)32-20-30(16-7-8-17-30)34-27-15-6-5-12-26(27)23-11-10-18-31-19-23/h5-6,9-15,18-19,21-22,34H,7-8,16-17,20H2,1-4H3,(H2,32,33,35). The number of hydrogen-bond acceptors (Lipinski definition) is 3. The van der Waals surface area contributed by atoms with Crippen LogP contribution in [0.1, 0.15) is 76.3 Å². The first-order valence-electron chi connectivity index (χ1n) is 12.8. The van der Waals surface area contributed by atoms with Gasteiger partial charge in [-0.2, -0.15) is 0 Å². The maximum Gasteiger partial charge on any atom is 0.319 e. The van der Waals surface area contributed by atoms with E-state index in [-0.39, 0.29) is 11.6 Å². The Kier molecular flexibility index (Phi) is 7.74. The number of para-hydroxylation sites is 2. The number of rotatable bonds is 8. The molecule has 1 aromatic heterocycles. The maximum atomic E-state index is 13.1. The first-order chi connectivity index (χ1) is 16.9. The summed E-state index contributed by atoms with van der Waals surface area (Å²) in [5, 5.41) is 10.2. The molecule has 3 aromatic rings. The molecule has 1 fully saturated rings. The topological polar surface area (TPSA) is 66.1 Å². The van der Waals surface area contributed by atoms with Crippen LogP contribution in [0.3, 0.4) is 0 Å². The van der Waals surface area contributed by atoms with Crippen LogP contribution >= 0.6 is 0 Å². The van der Waals surface area contributed by atoms with Crippen molar-refractivity contribution in [2.75, 3.05) is 17.2 Å². The number of anilines is 2. The molecule has 0 saturated heterocycles. The Bertz CT molecular complexity index is 1110. The van der Waals surface area contributed by atoms with Gasteiger partial charge in [0.25, 0.3) is 0 Å². The Morgan fingerprint density at radius 3 is 2.23 bits per heavy atom. The predicted octanol–water partition coefficient (Wildman–Crippen LogP) is 7.54. The van der Waals surface area contributed by atoms with E-state index in [2.05, 4.69) is 97.2 Å². The number of carbonyl (C=O) groups excluding carboxylic acids is 1. The van der Waals surface area contributed by atoms with Gasteiger partial charge >= 0.3 is 6.03 Å². The summed E-state index contributed by atoms with van der Waals surface area (Å²) < 4.78 is 0. The number of nitrogens with one attached hydrogen (secondary N) is 3. The van der Waals surface area contributed by atoms with Crippen LogP contribution in [0.4, 0.5) is 16.2 Å². The van der Waals surface area contributed by atoms with E-state index in [0.29, 0.717) is 18.4 Å². The van der Waals surface area contributed by atoms with Crippen LogP contribution in [0.5, 0.6) is 0 Å². The number of carbonyl (C=O) groups is 1. The van der Waals surface area contributed by atoms with Gasteiger partial charge < -0.3 is 16.0 Å². The van der Waals surface area contributed by atoms with Crippen LogP contribution in [-0.2, 0) is 0 Å². The van der Waals surface area contributed by atoms with Gasteiger partial charge in [-0.25, -0.2) is 4.79 Å².